The maximum atomic E-state index is 13.0. The Bertz CT molecular complexity index is 810. The van der Waals surface area contributed by atoms with Crippen LogP contribution in [0, 0.1) is 0 Å². The van der Waals surface area contributed by atoms with Gasteiger partial charge in [-0.15, -0.1) is 0 Å². The summed E-state index contributed by atoms with van der Waals surface area (Å²) in [5.74, 6) is 0.0648. The van der Waals surface area contributed by atoms with Crippen LogP contribution in [0.5, 0.6) is 0 Å². The van der Waals surface area contributed by atoms with Crippen molar-refractivity contribution in [3.8, 4) is 0 Å². The number of hydrogen-bond donors (Lipinski definition) is 0. The van der Waals surface area contributed by atoms with Gasteiger partial charge in [0.25, 0.3) is 5.91 Å². The highest BCUT2D eigenvalue weighted by Crippen LogP contribution is 2.52. The molecule has 1 saturated carbocycles. The highest BCUT2D eigenvalue weighted by atomic mass is 16.6. The van der Waals surface area contributed by atoms with Gasteiger partial charge in [-0.05, 0) is 37.0 Å². The first-order valence-electron chi connectivity index (χ1n) is 8.84. The van der Waals surface area contributed by atoms with Crippen molar-refractivity contribution in [2.24, 2.45) is 0 Å². The molecule has 2 aromatic rings. The monoisotopic (exact) mass is 333 g/mol. The molecular formula is C22H23NO2. The van der Waals surface area contributed by atoms with E-state index < -0.39 is 11.3 Å². The lowest BCUT2D eigenvalue weighted by atomic mass is 9.79. The molecule has 1 aliphatic heterocycles. The molecule has 1 unspecified atom stereocenters. The van der Waals surface area contributed by atoms with E-state index >= 15 is 0 Å². The molecule has 0 aromatic heterocycles. The van der Waals surface area contributed by atoms with Crippen LogP contribution in [0.1, 0.15) is 37.8 Å². The van der Waals surface area contributed by atoms with Gasteiger partial charge in [0.2, 0.25) is 0 Å². The summed E-state index contributed by atoms with van der Waals surface area (Å²) < 4.78 is 6.36. The van der Waals surface area contributed by atoms with Crippen molar-refractivity contribution < 1.29 is 9.53 Å². The average molecular weight is 333 g/mol. The van der Waals surface area contributed by atoms with Crippen LogP contribution in [-0.4, -0.2) is 22.1 Å². The molecule has 2 aliphatic rings. The molecule has 0 N–H and O–H groups in total. The molecule has 3 heteroatoms. The minimum absolute atomic E-state index is 0.0648. The number of rotatable bonds is 3. The predicted octanol–water partition coefficient (Wildman–Crippen LogP) is 4.40. The molecule has 1 aliphatic carbocycles. The van der Waals surface area contributed by atoms with E-state index in [1.54, 1.807) is 0 Å². The van der Waals surface area contributed by atoms with E-state index in [0.29, 0.717) is 6.54 Å². The van der Waals surface area contributed by atoms with Crippen molar-refractivity contribution in [1.29, 1.82) is 0 Å². The number of carbonyl (C=O) groups is 1. The van der Waals surface area contributed by atoms with Crippen LogP contribution in [0.4, 0.5) is 0 Å². The Morgan fingerprint density at radius 2 is 1.68 bits per heavy atom. The first kappa shape index (κ1) is 16.1. The predicted molar refractivity (Wildman–Crippen MR) is 98.5 cm³/mol. The number of benzene rings is 2. The zero-order valence-electron chi connectivity index (χ0n) is 14.7. The molecular weight excluding hydrogens is 310 g/mol. The van der Waals surface area contributed by atoms with Gasteiger partial charge in [-0.25, -0.2) is 0 Å². The van der Waals surface area contributed by atoms with Crippen molar-refractivity contribution in [2.75, 3.05) is 0 Å². The van der Waals surface area contributed by atoms with Gasteiger partial charge in [0.1, 0.15) is 5.60 Å². The number of nitrogens with zero attached hydrogens (tertiary/aromatic N) is 1. The van der Waals surface area contributed by atoms with Gasteiger partial charge in [-0.1, -0.05) is 66.7 Å². The molecule has 2 aromatic carbocycles. The SMILES string of the molecule is CC1(C)OC2(CC/C2=C\c2ccccc2)N(Cc2ccccc2)C1=O. The van der Waals surface area contributed by atoms with Gasteiger partial charge in [-0.2, -0.15) is 0 Å². The standard InChI is InChI=1S/C22H23NO2/c1-21(2)20(24)23(16-18-11-7-4-8-12-18)22(25-21)14-13-19(22)15-17-9-5-3-6-10-17/h3-12,15H,13-14,16H2,1-2H3/b19-15+. The Morgan fingerprint density at radius 1 is 1.04 bits per heavy atom. The molecule has 25 heavy (non-hydrogen) atoms. The Balaban J connectivity index is 1.70. The summed E-state index contributed by atoms with van der Waals surface area (Å²) >= 11 is 0. The second-order valence-corrected chi connectivity index (χ2v) is 7.35. The van der Waals surface area contributed by atoms with Gasteiger partial charge in [0.15, 0.2) is 5.72 Å². The summed E-state index contributed by atoms with van der Waals surface area (Å²) in [5, 5.41) is 0. The van der Waals surface area contributed by atoms with Crippen LogP contribution in [0.15, 0.2) is 66.2 Å². The third kappa shape index (κ3) is 2.69. The van der Waals surface area contributed by atoms with Crippen molar-refractivity contribution >= 4 is 12.0 Å². The Kier molecular flexibility index (Phi) is 3.77. The molecule has 0 bridgehead atoms. The fourth-order valence-electron chi connectivity index (χ4n) is 3.82. The summed E-state index contributed by atoms with van der Waals surface area (Å²) in [6, 6.07) is 20.4. The number of amides is 1. The van der Waals surface area contributed by atoms with E-state index in [1.165, 1.54) is 5.57 Å². The third-order valence-corrected chi connectivity index (χ3v) is 5.18. The molecule has 4 rings (SSSR count). The quantitative estimate of drug-likeness (QED) is 0.833. The van der Waals surface area contributed by atoms with Crippen molar-refractivity contribution in [3.05, 3.63) is 77.4 Å². The van der Waals surface area contributed by atoms with Gasteiger partial charge >= 0.3 is 0 Å². The maximum absolute atomic E-state index is 13.0. The first-order valence-corrected chi connectivity index (χ1v) is 8.84. The van der Waals surface area contributed by atoms with Gasteiger partial charge in [0.05, 0.1) is 0 Å². The van der Waals surface area contributed by atoms with Crippen molar-refractivity contribution in [2.45, 2.75) is 44.6 Å². The van der Waals surface area contributed by atoms with Crippen LogP contribution in [-0.2, 0) is 16.1 Å². The van der Waals surface area contributed by atoms with E-state index in [-0.39, 0.29) is 5.91 Å². The smallest absolute Gasteiger partial charge is 0.257 e. The summed E-state index contributed by atoms with van der Waals surface area (Å²) in [5.41, 5.74) is 2.09. The third-order valence-electron chi connectivity index (χ3n) is 5.18. The van der Waals surface area contributed by atoms with Crippen molar-refractivity contribution in [3.63, 3.8) is 0 Å². The second kappa shape index (κ2) is 5.85. The second-order valence-electron chi connectivity index (χ2n) is 7.35. The van der Waals surface area contributed by atoms with Gasteiger partial charge in [0, 0.05) is 13.0 Å². The molecule has 2 fully saturated rings. The fraction of sp³-hybridized carbons (Fsp3) is 0.318. The molecule has 128 valence electrons. The first-order chi connectivity index (χ1) is 12.0. The van der Waals surface area contributed by atoms with Crippen molar-refractivity contribution in [1.82, 2.24) is 4.90 Å². The van der Waals surface area contributed by atoms with E-state index in [9.17, 15) is 4.79 Å². The van der Waals surface area contributed by atoms with Gasteiger partial charge in [-0.3, -0.25) is 4.79 Å². The Morgan fingerprint density at radius 3 is 2.28 bits per heavy atom. The summed E-state index contributed by atoms with van der Waals surface area (Å²) in [7, 11) is 0. The maximum Gasteiger partial charge on any atom is 0.257 e. The van der Waals surface area contributed by atoms with E-state index in [2.05, 4.69) is 30.3 Å². The highest BCUT2D eigenvalue weighted by molar-refractivity contribution is 5.88. The Hall–Kier alpha value is -2.39. The minimum Gasteiger partial charge on any atom is -0.336 e. The molecule has 1 heterocycles. The molecule has 0 radical (unpaired) electrons. The van der Waals surface area contributed by atoms with Crippen LogP contribution < -0.4 is 0 Å². The lowest BCUT2D eigenvalue weighted by molar-refractivity contribution is -0.136. The van der Waals surface area contributed by atoms with Crippen LogP contribution in [0.25, 0.3) is 6.08 Å². The zero-order valence-corrected chi connectivity index (χ0v) is 14.7. The molecule has 1 amide bonds. The Labute approximate surface area is 148 Å². The minimum atomic E-state index is -0.787. The van der Waals surface area contributed by atoms with Crippen LogP contribution >= 0.6 is 0 Å². The summed E-state index contributed by atoms with van der Waals surface area (Å²) in [6.07, 6.45) is 3.99. The molecule has 1 atom stereocenters. The van der Waals surface area contributed by atoms with Gasteiger partial charge < -0.3 is 9.64 Å². The lowest BCUT2D eigenvalue weighted by Gasteiger charge is -2.46. The number of carbonyl (C=O) groups excluding carboxylic acids is 1. The highest BCUT2D eigenvalue weighted by Gasteiger charge is 2.61. The molecule has 1 saturated heterocycles. The van der Waals surface area contributed by atoms with Crippen LogP contribution in [0.2, 0.25) is 0 Å². The average Bonchev–Trinajstić information content (AvgIpc) is 2.83. The topological polar surface area (TPSA) is 29.5 Å². The fourth-order valence-corrected chi connectivity index (χ4v) is 3.82. The van der Waals surface area contributed by atoms with E-state index in [0.717, 1.165) is 24.0 Å². The van der Waals surface area contributed by atoms with E-state index in [1.807, 2.05) is 55.1 Å². The largest absolute Gasteiger partial charge is 0.336 e. The summed E-state index contributed by atoms with van der Waals surface area (Å²) in [6.45, 7) is 4.33. The number of ether oxygens (including phenoxy) is 1. The normalized spacial score (nSPS) is 26.2. The van der Waals surface area contributed by atoms with Crippen LogP contribution in [0.3, 0.4) is 0 Å². The lowest BCUT2D eigenvalue weighted by Crippen LogP contribution is -2.53. The summed E-state index contributed by atoms with van der Waals surface area (Å²) in [4.78, 5) is 14.9. The zero-order chi connectivity index (χ0) is 17.5. The molecule has 3 nitrogen and oxygen atoms in total. The van der Waals surface area contributed by atoms with E-state index in [4.69, 9.17) is 4.74 Å². The molecule has 1 spiro atoms. The number of hydrogen-bond acceptors (Lipinski definition) is 2.